The van der Waals surface area contributed by atoms with Crippen LogP contribution in [0.5, 0.6) is 0 Å². The SMILES string of the molecule is Cc1oc(COC2CCCC(C)C2)cc1CNC(C)C. The van der Waals surface area contributed by atoms with Crippen molar-refractivity contribution < 1.29 is 9.15 Å². The van der Waals surface area contributed by atoms with E-state index in [0.29, 0.717) is 18.8 Å². The van der Waals surface area contributed by atoms with Crippen molar-refractivity contribution in [1.82, 2.24) is 5.32 Å². The fourth-order valence-electron chi connectivity index (χ4n) is 2.88. The highest BCUT2D eigenvalue weighted by Crippen LogP contribution is 2.26. The number of furan rings is 1. The fraction of sp³-hybridized carbons (Fsp3) is 0.765. The van der Waals surface area contributed by atoms with E-state index < -0.39 is 0 Å². The second-order valence-electron chi connectivity index (χ2n) is 6.53. The van der Waals surface area contributed by atoms with Crippen LogP contribution in [0.25, 0.3) is 0 Å². The highest BCUT2D eigenvalue weighted by Gasteiger charge is 2.20. The number of aryl methyl sites for hydroxylation is 1. The van der Waals surface area contributed by atoms with Crippen molar-refractivity contribution in [3.8, 4) is 0 Å². The maximum absolute atomic E-state index is 6.02. The van der Waals surface area contributed by atoms with E-state index in [1.54, 1.807) is 0 Å². The molecule has 1 aromatic rings. The van der Waals surface area contributed by atoms with Crippen molar-refractivity contribution in [2.75, 3.05) is 0 Å². The summed E-state index contributed by atoms with van der Waals surface area (Å²) in [4.78, 5) is 0. The third-order valence-electron chi connectivity index (χ3n) is 4.12. The van der Waals surface area contributed by atoms with Gasteiger partial charge in [-0.2, -0.15) is 0 Å². The van der Waals surface area contributed by atoms with E-state index in [4.69, 9.17) is 9.15 Å². The zero-order valence-electron chi connectivity index (χ0n) is 13.4. The van der Waals surface area contributed by atoms with Crippen LogP contribution in [-0.4, -0.2) is 12.1 Å². The monoisotopic (exact) mass is 279 g/mol. The molecule has 1 fully saturated rings. The summed E-state index contributed by atoms with van der Waals surface area (Å²) in [5, 5.41) is 3.43. The molecular formula is C17H29NO2. The quantitative estimate of drug-likeness (QED) is 0.848. The number of hydrogen-bond donors (Lipinski definition) is 1. The Morgan fingerprint density at radius 1 is 1.40 bits per heavy atom. The second kappa shape index (κ2) is 7.28. The predicted octanol–water partition coefficient (Wildman–Crippen LogP) is 4.18. The van der Waals surface area contributed by atoms with Gasteiger partial charge in [0.25, 0.3) is 0 Å². The first-order chi connectivity index (χ1) is 9.54. The molecule has 1 N–H and O–H groups in total. The Morgan fingerprint density at radius 3 is 2.90 bits per heavy atom. The number of hydrogen-bond acceptors (Lipinski definition) is 3. The first-order valence-electron chi connectivity index (χ1n) is 7.97. The maximum atomic E-state index is 6.02. The van der Waals surface area contributed by atoms with E-state index in [1.165, 1.54) is 31.2 Å². The van der Waals surface area contributed by atoms with Crippen molar-refractivity contribution in [3.05, 3.63) is 23.2 Å². The summed E-state index contributed by atoms with van der Waals surface area (Å²) in [5.74, 6) is 2.77. The number of rotatable bonds is 6. The lowest BCUT2D eigenvalue weighted by Gasteiger charge is -2.26. The Labute approximate surface area is 123 Å². The van der Waals surface area contributed by atoms with Crippen LogP contribution in [0.3, 0.4) is 0 Å². The van der Waals surface area contributed by atoms with Gasteiger partial charge in [0, 0.05) is 18.2 Å². The minimum atomic E-state index is 0.418. The van der Waals surface area contributed by atoms with E-state index in [9.17, 15) is 0 Å². The van der Waals surface area contributed by atoms with Gasteiger partial charge in [-0.25, -0.2) is 0 Å². The van der Waals surface area contributed by atoms with E-state index in [1.807, 2.05) is 6.92 Å². The Bertz CT molecular complexity index is 411. The molecule has 1 aliphatic carbocycles. The molecule has 0 saturated heterocycles. The summed E-state index contributed by atoms with van der Waals surface area (Å²) in [6.45, 7) is 10.1. The number of ether oxygens (including phenoxy) is 1. The molecule has 0 aromatic carbocycles. The van der Waals surface area contributed by atoms with Crippen LogP contribution in [0.4, 0.5) is 0 Å². The normalized spacial score (nSPS) is 23.4. The largest absolute Gasteiger partial charge is 0.464 e. The summed E-state index contributed by atoms with van der Waals surface area (Å²) < 4.78 is 11.8. The lowest BCUT2D eigenvalue weighted by Crippen LogP contribution is -2.22. The summed E-state index contributed by atoms with van der Waals surface area (Å²) in [7, 11) is 0. The lowest BCUT2D eigenvalue weighted by atomic mass is 9.89. The predicted molar refractivity (Wildman–Crippen MR) is 81.6 cm³/mol. The van der Waals surface area contributed by atoms with Gasteiger partial charge in [0.1, 0.15) is 18.1 Å². The van der Waals surface area contributed by atoms with Crippen LogP contribution in [0.1, 0.15) is 63.5 Å². The van der Waals surface area contributed by atoms with E-state index in [2.05, 4.69) is 32.2 Å². The Hall–Kier alpha value is -0.800. The molecule has 3 nitrogen and oxygen atoms in total. The molecule has 114 valence electrons. The smallest absolute Gasteiger partial charge is 0.130 e. The average molecular weight is 279 g/mol. The first-order valence-corrected chi connectivity index (χ1v) is 7.97. The van der Waals surface area contributed by atoms with Crippen molar-refractivity contribution in [2.45, 2.75) is 78.7 Å². The van der Waals surface area contributed by atoms with Gasteiger partial charge in [-0.1, -0.05) is 33.6 Å². The topological polar surface area (TPSA) is 34.4 Å². The van der Waals surface area contributed by atoms with Gasteiger partial charge >= 0.3 is 0 Å². The molecule has 1 saturated carbocycles. The molecule has 0 amide bonds. The molecule has 3 heteroatoms. The fourth-order valence-corrected chi connectivity index (χ4v) is 2.88. The molecule has 0 aliphatic heterocycles. The minimum absolute atomic E-state index is 0.418. The molecule has 2 unspecified atom stereocenters. The van der Waals surface area contributed by atoms with Crippen LogP contribution in [0.2, 0.25) is 0 Å². The molecule has 1 aliphatic rings. The van der Waals surface area contributed by atoms with Gasteiger partial charge in [-0.15, -0.1) is 0 Å². The van der Waals surface area contributed by atoms with Gasteiger partial charge in [0.05, 0.1) is 6.10 Å². The Morgan fingerprint density at radius 2 is 2.20 bits per heavy atom. The van der Waals surface area contributed by atoms with Crippen LogP contribution < -0.4 is 5.32 Å². The minimum Gasteiger partial charge on any atom is -0.464 e. The molecule has 1 aromatic heterocycles. The third-order valence-corrected chi connectivity index (χ3v) is 4.12. The molecule has 0 spiro atoms. The summed E-state index contributed by atoms with van der Waals surface area (Å²) in [6, 6.07) is 2.63. The van der Waals surface area contributed by atoms with Gasteiger partial charge in [0.15, 0.2) is 0 Å². The van der Waals surface area contributed by atoms with Crippen LogP contribution >= 0.6 is 0 Å². The third kappa shape index (κ3) is 4.64. The molecule has 0 radical (unpaired) electrons. The highest BCUT2D eigenvalue weighted by molar-refractivity contribution is 5.20. The molecule has 20 heavy (non-hydrogen) atoms. The zero-order valence-corrected chi connectivity index (χ0v) is 13.4. The molecule has 2 atom stereocenters. The van der Waals surface area contributed by atoms with Crippen molar-refractivity contribution in [2.24, 2.45) is 5.92 Å². The molecule has 2 rings (SSSR count). The van der Waals surface area contributed by atoms with Gasteiger partial charge in [-0.3, -0.25) is 0 Å². The Kier molecular flexibility index (Phi) is 5.67. The van der Waals surface area contributed by atoms with E-state index in [0.717, 1.165) is 24.0 Å². The van der Waals surface area contributed by atoms with Crippen molar-refractivity contribution >= 4 is 0 Å². The van der Waals surface area contributed by atoms with Crippen molar-refractivity contribution in [3.63, 3.8) is 0 Å². The van der Waals surface area contributed by atoms with E-state index in [-0.39, 0.29) is 0 Å². The second-order valence-corrected chi connectivity index (χ2v) is 6.53. The van der Waals surface area contributed by atoms with Crippen LogP contribution in [0.15, 0.2) is 10.5 Å². The average Bonchev–Trinajstić information content (AvgIpc) is 2.75. The summed E-state index contributed by atoms with van der Waals surface area (Å²) in [5.41, 5.74) is 1.24. The van der Waals surface area contributed by atoms with E-state index >= 15 is 0 Å². The molecule has 0 bridgehead atoms. The Balaban J connectivity index is 1.82. The molecule has 1 heterocycles. The van der Waals surface area contributed by atoms with Gasteiger partial charge in [0.2, 0.25) is 0 Å². The zero-order chi connectivity index (χ0) is 14.5. The summed E-state index contributed by atoms with van der Waals surface area (Å²) >= 11 is 0. The lowest BCUT2D eigenvalue weighted by molar-refractivity contribution is -0.00287. The first kappa shape index (κ1) is 15.6. The van der Waals surface area contributed by atoms with Gasteiger partial charge < -0.3 is 14.5 Å². The molecular weight excluding hydrogens is 250 g/mol. The maximum Gasteiger partial charge on any atom is 0.130 e. The number of nitrogens with one attached hydrogen (secondary N) is 1. The van der Waals surface area contributed by atoms with Gasteiger partial charge in [-0.05, 0) is 31.7 Å². The van der Waals surface area contributed by atoms with Crippen LogP contribution in [-0.2, 0) is 17.9 Å². The van der Waals surface area contributed by atoms with Crippen molar-refractivity contribution in [1.29, 1.82) is 0 Å². The standard InChI is InChI=1S/C17H29NO2/c1-12(2)18-10-15-9-17(20-14(15)4)11-19-16-7-5-6-13(3)8-16/h9,12-13,16,18H,5-8,10-11H2,1-4H3. The summed E-state index contributed by atoms with van der Waals surface area (Å²) in [6.07, 6.45) is 5.46. The highest BCUT2D eigenvalue weighted by atomic mass is 16.5. The van der Waals surface area contributed by atoms with Crippen LogP contribution in [0, 0.1) is 12.8 Å².